The molecule has 0 unspecified atom stereocenters. The molecule has 0 aliphatic heterocycles. The third-order valence-corrected chi connectivity index (χ3v) is 3.84. The molecule has 1 aromatic carbocycles. The minimum absolute atomic E-state index is 0.0734. The number of nitrogens with one attached hydrogen (secondary N) is 1. The first-order chi connectivity index (χ1) is 12.0. The van der Waals surface area contributed by atoms with Crippen molar-refractivity contribution in [2.75, 3.05) is 5.32 Å². The van der Waals surface area contributed by atoms with Gasteiger partial charge in [0.05, 0.1) is 6.42 Å². The average molecular weight is 339 g/mol. The second-order valence-corrected chi connectivity index (χ2v) is 6.08. The lowest BCUT2D eigenvalue weighted by atomic mass is 10.1. The van der Waals surface area contributed by atoms with Gasteiger partial charge in [-0.25, -0.2) is 0 Å². The summed E-state index contributed by atoms with van der Waals surface area (Å²) in [7, 11) is 0. The molecule has 0 bridgehead atoms. The van der Waals surface area contributed by atoms with Crippen LogP contribution in [0.4, 0.5) is 6.01 Å². The van der Waals surface area contributed by atoms with Crippen molar-refractivity contribution < 1.29 is 9.21 Å². The highest BCUT2D eigenvalue weighted by atomic mass is 16.4. The van der Waals surface area contributed by atoms with Gasteiger partial charge in [-0.3, -0.25) is 14.8 Å². The Bertz CT molecular complexity index is 848. The summed E-state index contributed by atoms with van der Waals surface area (Å²) < 4.78 is 7.22. The topological polar surface area (TPSA) is 85.8 Å². The van der Waals surface area contributed by atoms with Crippen LogP contribution < -0.4 is 5.32 Å². The summed E-state index contributed by atoms with van der Waals surface area (Å²) in [5, 5.41) is 14.6. The smallest absolute Gasteiger partial charge is 0.322 e. The number of hydrogen-bond donors (Lipinski definition) is 1. The second kappa shape index (κ2) is 7.29. The highest BCUT2D eigenvalue weighted by molar-refractivity contribution is 6.01. The summed E-state index contributed by atoms with van der Waals surface area (Å²) in [5.74, 6) is 0.0779. The fraction of sp³-hybridized carbons (Fsp3) is 0.333. The third kappa shape index (κ3) is 4.12. The minimum Gasteiger partial charge on any atom is -0.407 e. The van der Waals surface area contributed by atoms with Crippen molar-refractivity contribution in [3.05, 3.63) is 59.2 Å². The fourth-order valence-electron chi connectivity index (χ4n) is 2.35. The van der Waals surface area contributed by atoms with Gasteiger partial charge in [0.1, 0.15) is 0 Å². The molecule has 0 atom stereocenters. The molecule has 2 aromatic heterocycles. The van der Waals surface area contributed by atoms with Gasteiger partial charge < -0.3 is 4.42 Å². The maximum atomic E-state index is 12.2. The molecule has 1 N–H and O–H groups in total. The van der Waals surface area contributed by atoms with E-state index >= 15 is 0 Å². The van der Waals surface area contributed by atoms with E-state index in [1.54, 1.807) is 16.9 Å². The zero-order valence-electron chi connectivity index (χ0n) is 14.6. The summed E-state index contributed by atoms with van der Waals surface area (Å²) in [4.78, 5) is 12.2. The van der Waals surface area contributed by atoms with Crippen LogP contribution in [0, 0.1) is 0 Å². The van der Waals surface area contributed by atoms with Crippen LogP contribution in [0.2, 0.25) is 0 Å². The van der Waals surface area contributed by atoms with Crippen molar-refractivity contribution in [3.63, 3.8) is 0 Å². The van der Waals surface area contributed by atoms with E-state index in [1.165, 1.54) is 5.56 Å². The van der Waals surface area contributed by atoms with Crippen LogP contribution in [0.5, 0.6) is 0 Å². The van der Waals surface area contributed by atoms with Gasteiger partial charge in [-0.15, -0.1) is 5.10 Å². The van der Waals surface area contributed by atoms with Gasteiger partial charge in [-0.05, 0) is 37.5 Å². The first kappa shape index (κ1) is 16.9. The normalized spacial score (nSPS) is 11.0. The van der Waals surface area contributed by atoms with Crippen molar-refractivity contribution >= 4 is 11.9 Å². The molecule has 25 heavy (non-hydrogen) atoms. The van der Waals surface area contributed by atoms with Crippen molar-refractivity contribution in [2.45, 2.75) is 39.7 Å². The van der Waals surface area contributed by atoms with Crippen molar-refractivity contribution in [1.82, 2.24) is 20.0 Å². The number of anilines is 1. The minimum atomic E-state index is -0.373. The number of carbonyl (C=O) groups excluding carboxylic acids is 1. The molecular weight excluding hydrogens is 318 g/mol. The molecule has 0 aliphatic rings. The van der Waals surface area contributed by atoms with E-state index in [4.69, 9.17) is 4.42 Å². The summed E-state index contributed by atoms with van der Waals surface area (Å²) in [6, 6.07) is 10.2. The first-order valence-corrected chi connectivity index (χ1v) is 8.32. The van der Waals surface area contributed by atoms with Crippen LogP contribution in [-0.2, 0) is 12.8 Å². The quantitative estimate of drug-likeness (QED) is 0.745. The summed E-state index contributed by atoms with van der Waals surface area (Å²) in [6.45, 7) is 6.10. The zero-order valence-corrected chi connectivity index (χ0v) is 14.6. The van der Waals surface area contributed by atoms with Crippen LogP contribution in [0.1, 0.15) is 54.3 Å². The van der Waals surface area contributed by atoms with Crippen LogP contribution in [0.15, 0.2) is 40.9 Å². The molecule has 7 heteroatoms. The number of rotatable bonds is 6. The zero-order chi connectivity index (χ0) is 17.8. The van der Waals surface area contributed by atoms with Gasteiger partial charge in [0.2, 0.25) is 5.89 Å². The van der Waals surface area contributed by atoms with Gasteiger partial charge >= 0.3 is 6.01 Å². The van der Waals surface area contributed by atoms with Gasteiger partial charge in [-0.2, -0.15) is 5.10 Å². The fourth-order valence-corrected chi connectivity index (χ4v) is 2.35. The molecule has 2 heterocycles. The molecule has 7 nitrogen and oxygen atoms in total. The van der Waals surface area contributed by atoms with E-state index < -0.39 is 0 Å². The molecule has 0 spiro atoms. The molecule has 0 saturated heterocycles. The number of aromatic nitrogens is 4. The predicted molar refractivity (Wildman–Crippen MR) is 93.5 cm³/mol. The van der Waals surface area contributed by atoms with Crippen LogP contribution in [0.3, 0.4) is 0 Å². The molecule has 0 radical (unpaired) electrons. The molecular formula is C18H21N5O2. The van der Waals surface area contributed by atoms with E-state index in [0.29, 0.717) is 18.0 Å². The lowest BCUT2D eigenvalue weighted by Crippen LogP contribution is -2.14. The Kier molecular flexibility index (Phi) is 4.92. The van der Waals surface area contributed by atoms with E-state index in [1.807, 2.05) is 26.0 Å². The molecule has 3 aromatic rings. The van der Waals surface area contributed by atoms with E-state index in [-0.39, 0.29) is 18.0 Å². The van der Waals surface area contributed by atoms with Crippen molar-refractivity contribution in [2.24, 2.45) is 0 Å². The van der Waals surface area contributed by atoms with E-state index in [2.05, 4.69) is 39.7 Å². The SMILES string of the molecule is CCc1ccc(Cc2nnc(NC(=O)c3ccn(C(C)C)n3)o2)cc1. The molecule has 0 fully saturated rings. The van der Waals surface area contributed by atoms with Gasteiger partial charge in [0.25, 0.3) is 5.91 Å². The Morgan fingerprint density at radius 3 is 2.52 bits per heavy atom. The Balaban J connectivity index is 1.63. The maximum Gasteiger partial charge on any atom is 0.322 e. The molecule has 0 aliphatic carbocycles. The van der Waals surface area contributed by atoms with Gasteiger partial charge in [0, 0.05) is 12.2 Å². The van der Waals surface area contributed by atoms with Crippen LogP contribution >= 0.6 is 0 Å². The Hall–Kier alpha value is -2.96. The monoisotopic (exact) mass is 339 g/mol. The molecule has 130 valence electrons. The number of benzene rings is 1. The average Bonchev–Trinajstić information content (AvgIpc) is 3.25. The lowest BCUT2D eigenvalue weighted by molar-refractivity contribution is 0.101. The standard InChI is InChI=1S/C18H21N5O2/c1-4-13-5-7-14(8-6-13)11-16-20-21-18(25-16)19-17(24)15-9-10-23(22-15)12(2)3/h5-10,12H,4,11H2,1-3H3,(H,19,21,24). The van der Waals surface area contributed by atoms with Gasteiger partial charge in [0.15, 0.2) is 5.69 Å². The summed E-state index contributed by atoms with van der Waals surface area (Å²) in [5.41, 5.74) is 2.67. The largest absolute Gasteiger partial charge is 0.407 e. The van der Waals surface area contributed by atoms with E-state index in [9.17, 15) is 4.79 Å². The summed E-state index contributed by atoms with van der Waals surface area (Å²) >= 11 is 0. The van der Waals surface area contributed by atoms with Crippen LogP contribution in [0.25, 0.3) is 0 Å². The van der Waals surface area contributed by atoms with Crippen molar-refractivity contribution in [1.29, 1.82) is 0 Å². The van der Waals surface area contributed by atoms with Crippen molar-refractivity contribution in [3.8, 4) is 0 Å². The summed E-state index contributed by atoms with van der Waals surface area (Å²) in [6.07, 6.45) is 3.29. The number of carbonyl (C=O) groups is 1. The Morgan fingerprint density at radius 2 is 1.88 bits per heavy atom. The van der Waals surface area contributed by atoms with Crippen LogP contribution in [-0.4, -0.2) is 25.9 Å². The number of hydrogen-bond acceptors (Lipinski definition) is 5. The number of nitrogens with zero attached hydrogens (tertiary/aromatic N) is 4. The van der Waals surface area contributed by atoms with E-state index in [0.717, 1.165) is 12.0 Å². The lowest BCUT2D eigenvalue weighted by Gasteiger charge is -2.03. The Morgan fingerprint density at radius 1 is 1.16 bits per heavy atom. The van der Waals surface area contributed by atoms with Gasteiger partial charge in [-0.1, -0.05) is 36.3 Å². The Labute approximate surface area is 146 Å². The maximum absolute atomic E-state index is 12.2. The highest BCUT2D eigenvalue weighted by Crippen LogP contribution is 2.13. The number of aryl methyl sites for hydroxylation is 1. The molecule has 3 rings (SSSR count). The second-order valence-electron chi connectivity index (χ2n) is 6.08. The third-order valence-electron chi connectivity index (χ3n) is 3.84. The number of amides is 1. The highest BCUT2D eigenvalue weighted by Gasteiger charge is 2.15. The first-order valence-electron chi connectivity index (χ1n) is 8.32. The molecule has 1 amide bonds. The molecule has 0 saturated carbocycles. The predicted octanol–water partition coefficient (Wildman–Crippen LogP) is 3.25.